The van der Waals surface area contributed by atoms with Gasteiger partial charge >= 0.3 is 72.6 Å². The molecular formula is C78H96N6O27Si6. The highest BCUT2D eigenvalue weighted by atomic mass is 28.4. The summed E-state index contributed by atoms with van der Waals surface area (Å²) in [7, 11) is -6.80. The number of ether oxygens (including phenoxy) is 3. The van der Waals surface area contributed by atoms with E-state index in [-0.39, 0.29) is 113 Å². The van der Waals surface area contributed by atoms with Crippen LogP contribution in [0.5, 0.6) is 0 Å². The van der Waals surface area contributed by atoms with E-state index < -0.39 is 144 Å². The molecule has 0 saturated carbocycles. The average molecular weight is 1720 g/mol. The third kappa shape index (κ3) is 24.3. The van der Waals surface area contributed by atoms with E-state index in [1.54, 1.807) is 182 Å². The van der Waals surface area contributed by atoms with Crippen molar-refractivity contribution >= 4 is 90.3 Å². The number of benzene rings is 7. The maximum absolute atomic E-state index is 16.6. The molecular weight excluding hydrogens is 1620 g/mol. The summed E-state index contributed by atoms with van der Waals surface area (Å²) in [6, 6.07) is 52.2. The first-order valence-corrected chi connectivity index (χ1v) is 45.4. The zero-order valence-corrected chi connectivity index (χ0v) is 71.2. The van der Waals surface area contributed by atoms with Gasteiger partial charge < -0.3 is 101 Å². The van der Waals surface area contributed by atoms with Crippen LogP contribution >= 0.6 is 0 Å². The van der Waals surface area contributed by atoms with Gasteiger partial charge in [0.05, 0.1) is 37.8 Å². The third-order valence-corrected chi connectivity index (χ3v) is 27.3. The average Bonchev–Trinajstić information content (AvgIpc) is 1.54. The maximum atomic E-state index is 16.6. The smallest absolute Gasteiger partial charge is 0.444 e. The van der Waals surface area contributed by atoms with Crippen LogP contribution < -0.4 is 16.0 Å². The summed E-state index contributed by atoms with van der Waals surface area (Å²) in [5.41, 5.74) is -4.85. The molecule has 0 aromatic heterocycles. The van der Waals surface area contributed by atoms with Crippen molar-refractivity contribution in [3.05, 3.63) is 250 Å². The van der Waals surface area contributed by atoms with Crippen LogP contribution in [0.4, 0.5) is 14.4 Å². The standard InChI is InChI=1S/C78H96N6O21Si3.3O2Si/c1-97-106(94,98-2)43-25-40-79-73(88)103-64-49-67(76(91,58-28-13-7-14-29-58)59-30-15-8-16-31-59)82(52-64)70(85)55-46-56(71(86)83-53-65(104-74(89)80-41-26-44-107(95,99-3)100-4)50-68(83)77(92,60-32-17-9-18-33-60)61-34-19-10-20-35-61)48-57(47-55)72(87)84-54-66(105-75(90)81-42-27-45-108(96,101-5)102-6)51-69(84)78(93,62-36-21-11-22-37-62)63-38-23-12-24-39-63;3*1-3-2/h7-24,28-39,46-48,64-69,91-96H,25-27,40-45,49-54H2,1-6H3,(H,79,88)(H,80,89)(H,81,90);;;/t64-,65-,66-,67+,68+,69+;;;/m1.../s1. The minimum absolute atomic E-state index is 0.0306. The van der Waals surface area contributed by atoms with Crippen molar-refractivity contribution in [1.29, 1.82) is 0 Å². The van der Waals surface area contributed by atoms with Gasteiger partial charge in [-0.1, -0.05) is 182 Å². The van der Waals surface area contributed by atoms with Crippen LogP contribution in [0.1, 0.15) is 103 Å². The van der Waals surface area contributed by atoms with Crippen molar-refractivity contribution in [3.63, 3.8) is 0 Å². The van der Waals surface area contributed by atoms with Gasteiger partial charge in [-0.3, -0.25) is 41.2 Å². The Bertz CT molecular complexity index is 3890. The number of hydrogen-bond donors (Lipinski definition) is 9. The van der Waals surface area contributed by atoms with Crippen LogP contribution in [0.25, 0.3) is 0 Å². The second-order valence-corrected chi connectivity index (χ2v) is 35.9. The molecule has 3 aliphatic heterocycles. The molecule has 7 aromatic carbocycles. The Labute approximate surface area is 685 Å². The summed E-state index contributed by atoms with van der Waals surface area (Å²) in [6.45, 7) is -0.961. The lowest BCUT2D eigenvalue weighted by Crippen LogP contribution is -2.51. The number of nitrogens with zero attached hydrogens (tertiary/aromatic N) is 3. The molecule has 0 bridgehead atoms. The van der Waals surface area contributed by atoms with Gasteiger partial charge in [0.15, 0.2) is 0 Å². The summed E-state index contributed by atoms with van der Waals surface area (Å²) in [6.07, 6.45) is -5.74. The maximum Gasteiger partial charge on any atom is 0.549 e. The van der Waals surface area contributed by atoms with E-state index in [0.29, 0.717) is 33.4 Å². The van der Waals surface area contributed by atoms with E-state index in [2.05, 4.69) is 16.0 Å². The zero-order chi connectivity index (χ0) is 85.4. The molecule has 3 aliphatic rings. The number of amides is 6. The molecule has 117 heavy (non-hydrogen) atoms. The number of rotatable bonds is 33. The molecule has 0 spiro atoms. The molecule has 10 rings (SSSR count). The molecule has 3 fully saturated rings. The first kappa shape index (κ1) is 94.5. The molecule has 624 valence electrons. The first-order valence-electron chi connectivity index (χ1n) is 37.0. The highest BCUT2D eigenvalue weighted by molar-refractivity contribution is 6.59. The van der Waals surface area contributed by atoms with Gasteiger partial charge in [-0.15, -0.1) is 0 Å². The Morgan fingerprint density at radius 1 is 0.350 bits per heavy atom. The molecule has 0 aliphatic carbocycles. The zero-order valence-electron chi connectivity index (χ0n) is 65.2. The molecule has 7 aromatic rings. The van der Waals surface area contributed by atoms with Crippen molar-refractivity contribution in [2.75, 3.05) is 81.9 Å². The van der Waals surface area contributed by atoms with Gasteiger partial charge in [0.25, 0.3) is 17.7 Å². The van der Waals surface area contributed by atoms with Gasteiger partial charge in [0.1, 0.15) is 35.1 Å². The normalized spacial score (nSPS) is 17.3. The van der Waals surface area contributed by atoms with E-state index in [1.807, 2.05) is 0 Å². The van der Waals surface area contributed by atoms with Crippen molar-refractivity contribution in [2.24, 2.45) is 0 Å². The molecule has 33 nitrogen and oxygen atoms in total. The lowest BCUT2D eigenvalue weighted by atomic mass is 9.78. The second kappa shape index (κ2) is 45.4. The number of hydrogen-bond acceptors (Lipinski definition) is 27. The predicted octanol–water partition coefficient (Wildman–Crippen LogP) is 5.41. The summed E-state index contributed by atoms with van der Waals surface area (Å²) in [5.74, 6) is -2.54. The highest BCUT2D eigenvalue weighted by Gasteiger charge is 2.55. The van der Waals surface area contributed by atoms with E-state index >= 15 is 14.4 Å². The molecule has 0 radical (unpaired) electrons. The number of carbonyl (C=O) groups excluding carboxylic acids is 6. The molecule has 3 heterocycles. The Hall–Kier alpha value is -9.62. The monoisotopic (exact) mass is 1720 g/mol. The first-order chi connectivity index (χ1) is 56.2. The lowest BCUT2D eigenvalue weighted by Gasteiger charge is -2.40. The van der Waals surface area contributed by atoms with Crippen LogP contribution in [-0.2, 0) is 84.3 Å². The molecule has 6 amide bonds. The minimum Gasteiger partial charge on any atom is -0.444 e. The molecule has 6 atom stereocenters. The van der Waals surface area contributed by atoms with Gasteiger partial charge in [0.2, 0.25) is 0 Å². The van der Waals surface area contributed by atoms with Crippen molar-refractivity contribution in [1.82, 2.24) is 30.7 Å². The number of nitrogens with one attached hydrogen (secondary N) is 3. The van der Waals surface area contributed by atoms with E-state index in [9.17, 15) is 44.1 Å². The van der Waals surface area contributed by atoms with Crippen molar-refractivity contribution in [3.8, 4) is 0 Å². The van der Waals surface area contributed by atoms with Crippen molar-refractivity contribution < 1.29 is 126 Å². The van der Waals surface area contributed by atoms with E-state index in [4.69, 9.17) is 67.5 Å². The fourth-order valence-corrected chi connectivity index (χ4v) is 18.4. The van der Waals surface area contributed by atoms with Gasteiger partial charge in [-0.05, 0) is 70.8 Å². The molecule has 39 heteroatoms. The van der Waals surface area contributed by atoms with Gasteiger partial charge in [-0.25, -0.2) is 14.4 Å². The van der Waals surface area contributed by atoms with Gasteiger partial charge in [0, 0.05) is 116 Å². The summed E-state index contributed by atoms with van der Waals surface area (Å²) in [5, 5.41) is 49.4. The highest BCUT2D eigenvalue weighted by Crippen LogP contribution is 2.46. The number of carbonyl (C=O) groups is 6. The molecule has 9 N–H and O–H groups in total. The van der Waals surface area contributed by atoms with Gasteiger partial charge in [-0.2, -0.15) is 0 Å². The third-order valence-electron chi connectivity index (χ3n) is 20.5. The van der Waals surface area contributed by atoms with Crippen LogP contribution in [0.2, 0.25) is 18.1 Å². The largest absolute Gasteiger partial charge is 0.549 e. The molecule has 3 saturated heterocycles. The van der Waals surface area contributed by atoms with Crippen LogP contribution in [-0.4, -0.2) is 253 Å². The number of likely N-dealkylation sites (tertiary alicyclic amines) is 3. The quantitative estimate of drug-likeness (QED) is 0.0141. The minimum atomic E-state index is -3.51. The second-order valence-electron chi connectivity index (χ2n) is 27.2. The number of aliphatic hydroxyl groups is 3. The fraction of sp³-hybridized carbons (Fsp3) is 0.385. The van der Waals surface area contributed by atoms with Crippen LogP contribution in [0, 0.1) is 0 Å². The summed E-state index contributed by atoms with van der Waals surface area (Å²) < 4.78 is 100. The number of alkyl carbamates (subject to hydrolysis) is 3. The Kier molecular flexibility index (Phi) is 36.7. The van der Waals surface area contributed by atoms with Crippen LogP contribution in [0.15, 0.2) is 200 Å². The fourth-order valence-electron chi connectivity index (χ4n) is 14.8. The van der Waals surface area contributed by atoms with E-state index in [0.717, 1.165) is 0 Å². The predicted molar refractivity (Wildman–Crippen MR) is 423 cm³/mol. The Morgan fingerprint density at radius 3 is 0.701 bits per heavy atom. The summed E-state index contributed by atoms with van der Waals surface area (Å²) >= 11 is 0. The van der Waals surface area contributed by atoms with Crippen LogP contribution in [0.3, 0.4) is 0 Å². The Morgan fingerprint density at radius 2 is 0.530 bits per heavy atom. The SMILES string of the molecule is CO[Si](O)(CCCNC(=O)O[C@@H]1C[C@@H](C(O)(c2ccccc2)c2ccccc2)N(C(=O)c2cc(C(=O)N3C[C@H](OC(=O)NCCC[Si](O)(OC)OC)C[C@H]3C(O)(c3ccccc3)c3ccccc3)cc(C(=O)N3C[C@H](OC(=O)NCCC[Si](O)(OC)OC)C[C@H]3C(O)(c3ccccc3)c3ccccc3)c2)C1)OC.O=[Si]=O.O=[Si]=O.O=[Si]=O. The summed E-state index contributed by atoms with van der Waals surface area (Å²) in [4.78, 5) is 128. The molecule has 0 unspecified atom stereocenters. The lowest BCUT2D eigenvalue weighted by molar-refractivity contribution is -0.00186. The topological polar surface area (TPSA) is 455 Å². The van der Waals surface area contributed by atoms with E-state index in [1.165, 1.54) is 75.6 Å². The Balaban J connectivity index is 0.00000201. The van der Waals surface area contributed by atoms with Crippen molar-refractivity contribution in [2.45, 2.75) is 110 Å².